The number of nitrogens with one attached hydrogen (secondary N) is 2. The first-order valence-corrected chi connectivity index (χ1v) is 15.8. The van der Waals surface area contributed by atoms with Gasteiger partial charge in [0.25, 0.3) is 0 Å². The number of methoxy groups -OCH3 is 1. The summed E-state index contributed by atoms with van der Waals surface area (Å²) >= 11 is 0. The van der Waals surface area contributed by atoms with Crippen LogP contribution in [0.1, 0.15) is 44.2 Å². The SMILES string of the molecule is CCOC(=O)[C@H](CC(F)NC(=O)[C@@H](NC(=O)OC)C(c1ccccc1)c1ccccc1)N(C(C)C)S(=O)(=O)c1ccc(N)cc1. The molecule has 0 bridgehead atoms. The fraction of sp³-hybridized carbons (Fsp3) is 0.344. The summed E-state index contributed by atoms with van der Waals surface area (Å²) in [7, 11) is -3.22. The zero-order valence-corrected chi connectivity index (χ0v) is 26.4. The molecule has 13 heteroatoms. The Morgan fingerprint density at radius 1 is 0.889 bits per heavy atom. The lowest BCUT2D eigenvalue weighted by Gasteiger charge is -2.33. The van der Waals surface area contributed by atoms with Gasteiger partial charge in [-0.15, -0.1) is 0 Å². The van der Waals surface area contributed by atoms with Gasteiger partial charge in [0.05, 0.1) is 18.6 Å². The average molecular weight is 643 g/mol. The van der Waals surface area contributed by atoms with Gasteiger partial charge in [0, 0.05) is 24.1 Å². The second-order valence-electron chi connectivity index (χ2n) is 10.4. The van der Waals surface area contributed by atoms with Gasteiger partial charge in [-0.2, -0.15) is 4.31 Å². The lowest BCUT2D eigenvalue weighted by atomic mass is 9.84. The van der Waals surface area contributed by atoms with Crippen LogP contribution in [0.5, 0.6) is 0 Å². The number of amides is 2. The number of ether oxygens (including phenoxy) is 2. The molecule has 3 atom stereocenters. The number of esters is 1. The molecule has 0 radical (unpaired) electrons. The zero-order valence-electron chi connectivity index (χ0n) is 25.6. The molecular formula is C32H39FN4O7S. The molecule has 0 fully saturated rings. The fourth-order valence-corrected chi connectivity index (χ4v) is 6.78. The zero-order chi connectivity index (χ0) is 33.1. The number of nitrogens with two attached hydrogens (primary N) is 1. The van der Waals surface area contributed by atoms with Gasteiger partial charge in [-0.1, -0.05) is 60.7 Å². The largest absolute Gasteiger partial charge is 0.465 e. The van der Waals surface area contributed by atoms with Crippen LogP contribution in [-0.4, -0.2) is 68.8 Å². The quantitative estimate of drug-likeness (QED) is 0.136. The molecule has 0 aliphatic carbocycles. The number of alkyl halides is 1. The molecule has 0 aromatic heterocycles. The summed E-state index contributed by atoms with van der Waals surface area (Å²) < 4.78 is 54.1. The summed E-state index contributed by atoms with van der Waals surface area (Å²) in [6.07, 6.45) is -3.93. The Morgan fingerprint density at radius 2 is 1.42 bits per heavy atom. The van der Waals surface area contributed by atoms with E-state index in [4.69, 9.17) is 15.2 Å². The highest BCUT2D eigenvalue weighted by molar-refractivity contribution is 7.89. The van der Waals surface area contributed by atoms with E-state index in [1.165, 1.54) is 45.0 Å². The summed E-state index contributed by atoms with van der Waals surface area (Å²) in [5, 5.41) is 4.74. The Balaban J connectivity index is 1.98. The van der Waals surface area contributed by atoms with Gasteiger partial charge in [0.2, 0.25) is 15.9 Å². The van der Waals surface area contributed by atoms with Gasteiger partial charge in [-0.25, -0.2) is 17.6 Å². The average Bonchev–Trinajstić information content (AvgIpc) is 3.01. The smallest absolute Gasteiger partial charge is 0.407 e. The third-order valence-corrected chi connectivity index (χ3v) is 9.05. The minimum atomic E-state index is -4.35. The van der Waals surface area contributed by atoms with Crippen molar-refractivity contribution in [2.75, 3.05) is 19.5 Å². The molecule has 0 saturated carbocycles. The normalized spacial score (nSPS) is 13.6. The van der Waals surface area contributed by atoms with Crippen LogP contribution in [-0.2, 0) is 29.1 Å². The molecule has 0 heterocycles. The van der Waals surface area contributed by atoms with E-state index in [1.807, 2.05) is 0 Å². The summed E-state index contributed by atoms with van der Waals surface area (Å²) in [5.41, 5.74) is 7.36. The summed E-state index contributed by atoms with van der Waals surface area (Å²) in [6.45, 7) is 4.52. The second-order valence-corrected chi connectivity index (χ2v) is 12.2. The van der Waals surface area contributed by atoms with E-state index in [0.717, 1.165) is 11.4 Å². The number of hydrogen-bond acceptors (Lipinski definition) is 8. The van der Waals surface area contributed by atoms with Crippen LogP contribution in [0.25, 0.3) is 0 Å². The molecule has 45 heavy (non-hydrogen) atoms. The number of nitrogens with zero attached hydrogens (tertiary/aromatic N) is 1. The number of halogens is 1. The van der Waals surface area contributed by atoms with Crippen molar-refractivity contribution in [3.63, 3.8) is 0 Å². The van der Waals surface area contributed by atoms with Crippen LogP contribution in [0.2, 0.25) is 0 Å². The molecule has 0 aliphatic heterocycles. The molecule has 11 nitrogen and oxygen atoms in total. The maximum Gasteiger partial charge on any atom is 0.407 e. The maximum absolute atomic E-state index is 15.9. The number of hydrogen-bond donors (Lipinski definition) is 3. The van der Waals surface area contributed by atoms with Crippen LogP contribution in [0.15, 0.2) is 89.8 Å². The highest BCUT2D eigenvalue weighted by atomic mass is 32.2. The van der Waals surface area contributed by atoms with Crippen molar-refractivity contribution in [3.8, 4) is 0 Å². The maximum atomic E-state index is 15.9. The van der Waals surface area contributed by atoms with E-state index in [-0.39, 0.29) is 11.5 Å². The molecule has 2 amide bonds. The molecule has 3 aromatic carbocycles. The minimum Gasteiger partial charge on any atom is -0.465 e. The first-order valence-electron chi connectivity index (χ1n) is 14.3. The Bertz CT molecular complexity index is 1480. The van der Waals surface area contributed by atoms with Crippen molar-refractivity contribution in [1.29, 1.82) is 0 Å². The van der Waals surface area contributed by atoms with Crippen molar-refractivity contribution < 1.29 is 36.7 Å². The lowest BCUT2D eigenvalue weighted by molar-refractivity contribution is -0.149. The van der Waals surface area contributed by atoms with E-state index in [0.29, 0.717) is 16.8 Å². The molecule has 4 N–H and O–H groups in total. The molecule has 0 spiro atoms. The van der Waals surface area contributed by atoms with Crippen LogP contribution < -0.4 is 16.4 Å². The molecule has 0 aliphatic rings. The van der Waals surface area contributed by atoms with E-state index in [9.17, 15) is 22.8 Å². The Kier molecular flexibility index (Phi) is 12.4. The molecule has 3 rings (SSSR count). The number of carbonyl (C=O) groups excluding carboxylic acids is 3. The summed E-state index contributed by atoms with van der Waals surface area (Å²) in [6, 6.07) is 19.3. The monoisotopic (exact) mass is 642 g/mol. The lowest BCUT2D eigenvalue weighted by Crippen LogP contribution is -2.55. The van der Waals surface area contributed by atoms with Gasteiger partial charge in [-0.05, 0) is 56.2 Å². The first kappa shape index (κ1) is 35.0. The summed E-state index contributed by atoms with van der Waals surface area (Å²) in [4.78, 5) is 39.1. The minimum absolute atomic E-state index is 0.0898. The number of benzene rings is 3. The third kappa shape index (κ3) is 9.02. The number of carbonyl (C=O) groups is 3. The van der Waals surface area contributed by atoms with Gasteiger partial charge in [0.1, 0.15) is 12.1 Å². The van der Waals surface area contributed by atoms with Crippen molar-refractivity contribution in [1.82, 2.24) is 14.9 Å². The van der Waals surface area contributed by atoms with E-state index >= 15 is 4.39 Å². The van der Waals surface area contributed by atoms with Gasteiger partial charge in [0.15, 0.2) is 6.30 Å². The topological polar surface area (TPSA) is 157 Å². The molecule has 0 saturated heterocycles. The highest BCUT2D eigenvalue weighted by Crippen LogP contribution is 2.29. The molecular weight excluding hydrogens is 603 g/mol. The van der Waals surface area contributed by atoms with E-state index in [2.05, 4.69) is 10.6 Å². The van der Waals surface area contributed by atoms with Gasteiger partial charge in [-0.3, -0.25) is 9.59 Å². The standard InChI is InChI=1S/C32H39FN4O7S/c1-5-44-31(39)26(37(21(2)3)45(41,42)25-18-16-24(34)17-19-25)20-27(33)35-30(38)29(36-32(40)43-4)28(22-12-8-6-9-13-22)23-14-10-7-11-15-23/h6-19,21,26-29H,5,20,34H2,1-4H3,(H,35,38)(H,36,40)/t26-,27?,29-/m0/s1. The predicted octanol–water partition coefficient (Wildman–Crippen LogP) is 3.96. The van der Waals surface area contributed by atoms with Crippen molar-refractivity contribution in [2.45, 2.75) is 62.4 Å². The van der Waals surface area contributed by atoms with E-state index < -0.39 is 64.8 Å². The van der Waals surface area contributed by atoms with Gasteiger partial charge < -0.3 is 25.8 Å². The van der Waals surface area contributed by atoms with E-state index in [1.54, 1.807) is 60.7 Å². The summed E-state index contributed by atoms with van der Waals surface area (Å²) in [5.74, 6) is -2.68. The number of anilines is 1. The second kappa shape index (κ2) is 16.0. The van der Waals surface area contributed by atoms with Crippen molar-refractivity contribution in [3.05, 3.63) is 96.1 Å². The predicted molar refractivity (Wildman–Crippen MR) is 167 cm³/mol. The molecule has 3 aromatic rings. The Labute approximate surface area is 262 Å². The first-order chi connectivity index (χ1) is 21.4. The number of nitrogen functional groups attached to an aromatic ring is 1. The van der Waals surface area contributed by atoms with Crippen LogP contribution in [0.3, 0.4) is 0 Å². The Hall–Kier alpha value is -4.49. The van der Waals surface area contributed by atoms with Gasteiger partial charge >= 0.3 is 12.1 Å². The van der Waals surface area contributed by atoms with Crippen LogP contribution in [0, 0.1) is 0 Å². The molecule has 1 unspecified atom stereocenters. The van der Waals surface area contributed by atoms with Crippen molar-refractivity contribution >= 4 is 33.7 Å². The highest BCUT2D eigenvalue weighted by Gasteiger charge is 2.41. The third-order valence-electron chi connectivity index (χ3n) is 6.95. The Morgan fingerprint density at radius 3 is 1.89 bits per heavy atom. The van der Waals surface area contributed by atoms with Crippen LogP contribution in [0.4, 0.5) is 14.9 Å². The number of rotatable bonds is 14. The number of sulfonamides is 1. The van der Waals surface area contributed by atoms with Crippen molar-refractivity contribution in [2.24, 2.45) is 0 Å². The fourth-order valence-electron chi connectivity index (χ4n) is 4.99. The van der Waals surface area contributed by atoms with Crippen LogP contribution >= 0.6 is 0 Å². The molecule has 242 valence electrons. The number of alkyl carbamates (subject to hydrolysis) is 1.